The maximum atomic E-state index is 5.23. The van der Waals surface area contributed by atoms with Crippen LogP contribution in [0.3, 0.4) is 0 Å². The molecule has 0 fully saturated rings. The van der Waals surface area contributed by atoms with E-state index in [9.17, 15) is 0 Å². The lowest BCUT2D eigenvalue weighted by atomic mass is 10.5. The van der Waals surface area contributed by atoms with E-state index in [1.54, 1.807) is 7.11 Å². The Morgan fingerprint density at radius 3 is 2.70 bits per heavy atom. The van der Waals surface area contributed by atoms with Crippen molar-refractivity contribution in [2.75, 3.05) is 20.3 Å². The first-order valence-corrected chi connectivity index (χ1v) is 4.26. The molecule has 0 saturated heterocycles. The highest BCUT2D eigenvalue weighted by atomic mass is 28.2. The number of rotatable bonds is 6. The molecule has 0 aromatic rings. The second kappa shape index (κ2) is 6.99. The fraction of sp³-hybridized carbons (Fsp3) is 0.714. The van der Waals surface area contributed by atoms with Crippen molar-refractivity contribution in [3.63, 3.8) is 0 Å². The Kier molecular flexibility index (Phi) is 6.90. The van der Waals surface area contributed by atoms with Gasteiger partial charge in [0.05, 0.1) is 13.2 Å². The van der Waals surface area contributed by atoms with Gasteiger partial charge in [0.25, 0.3) is 9.76 Å². The van der Waals surface area contributed by atoms with Crippen LogP contribution in [0, 0.1) is 0 Å². The van der Waals surface area contributed by atoms with E-state index < -0.39 is 0 Å². The van der Waals surface area contributed by atoms with Crippen LogP contribution in [0.5, 0.6) is 0 Å². The van der Waals surface area contributed by atoms with Gasteiger partial charge in [0.2, 0.25) is 0 Å². The van der Waals surface area contributed by atoms with E-state index in [4.69, 9.17) is 9.16 Å². The van der Waals surface area contributed by atoms with Crippen molar-refractivity contribution in [1.82, 2.24) is 0 Å². The summed E-state index contributed by atoms with van der Waals surface area (Å²) >= 11 is 0. The van der Waals surface area contributed by atoms with Crippen LogP contribution in [-0.2, 0) is 9.16 Å². The van der Waals surface area contributed by atoms with Crippen LogP contribution in [0.1, 0.15) is 13.3 Å². The zero-order valence-corrected chi connectivity index (χ0v) is 7.64. The van der Waals surface area contributed by atoms with Gasteiger partial charge in [-0.15, -0.1) is 6.58 Å². The minimum atomic E-state index is 0.441. The topological polar surface area (TPSA) is 18.5 Å². The quantitative estimate of drug-likeness (QED) is 0.427. The molecule has 0 aromatic heterocycles. The van der Waals surface area contributed by atoms with Crippen molar-refractivity contribution in [3.8, 4) is 0 Å². The minimum Gasteiger partial charge on any atom is -0.409 e. The normalized spacial score (nSPS) is 9.80. The fourth-order valence-electron chi connectivity index (χ4n) is 0.350. The molecule has 0 atom stereocenters. The van der Waals surface area contributed by atoms with Gasteiger partial charge < -0.3 is 9.16 Å². The third kappa shape index (κ3) is 6.00. The van der Waals surface area contributed by atoms with E-state index in [2.05, 4.69) is 13.5 Å². The Bertz CT molecular complexity index is 93.6. The van der Waals surface area contributed by atoms with Crippen LogP contribution in [0.4, 0.5) is 0 Å². The maximum Gasteiger partial charge on any atom is 0.263 e. The van der Waals surface area contributed by atoms with Crippen LogP contribution in [0.15, 0.2) is 11.8 Å². The second-order valence-corrected chi connectivity index (χ2v) is 3.10. The van der Waals surface area contributed by atoms with E-state index in [-0.39, 0.29) is 0 Å². The summed E-state index contributed by atoms with van der Waals surface area (Å²) in [5, 5.41) is 1.16. The van der Waals surface area contributed by atoms with Crippen molar-refractivity contribution in [2.24, 2.45) is 0 Å². The Labute approximate surface area is 65.2 Å². The average molecular weight is 158 g/mol. The minimum absolute atomic E-state index is 0.441. The lowest BCUT2D eigenvalue weighted by Crippen LogP contribution is -2.07. The molecule has 0 unspecified atom stereocenters. The van der Waals surface area contributed by atoms with Gasteiger partial charge in [-0.25, -0.2) is 0 Å². The summed E-state index contributed by atoms with van der Waals surface area (Å²) in [5.41, 5.74) is 0. The maximum absolute atomic E-state index is 5.23. The molecule has 0 saturated carbocycles. The number of hydrogen-bond donors (Lipinski definition) is 0. The number of hydrogen-bond acceptors (Lipinski definition) is 2. The van der Waals surface area contributed by atoms with E-state index >= 15 is 0 Å². The smallest absolute Gasteiger partial charge is 0.263 e. The molecule has 0 heterocycles. The lowest BCUT2D eigenvalue weighted by molar-refractivity contribution is 0.149. The zero-order valence-electron chi connectivity index (χ0n) is 6.64. The van der Waals surface area contributed by atoms with Crippen LogP contribution < -0.4 is 0 Å². The lowest BCUT2D eigenvalue weighted by Gasteiger charge is -2.01. The summed E-state index contributed by atoms with van der Waals surface area (Å²) < 4.78 is 10.0. The van der Waals surface area contributed by atoms with Gasteiger partial charge in [-0.05, 0) is 6.42 Å². The summed E-state index contributed by atoms with van der Waals surface area (Å²) in [6.45, 7) is 7.24. The predicted octanol–water partition coefficient (Wildman–Crippen LogP) is 1.19. The zero-order chi connectivity index (χ0) is 7.82. The number of allylic oxidation sites excluding steroid dienone is 1. The van der Waals surface area contributed by atoms with Crippen molar-refractivity contribution in [3.05, 3.63) is 11.8 Å². The third-order valence-corrected chi connectivity index (χ3v) is 2.02. The predicted molar refractivity (Wildman–Crippen MR) is 43.0 cm³/mol. The van der Waals surface area contributed by atoms with Gasteiger partial charge in [-0.1, -0.05) is 12.1 Å². The largest absolute Gasteiger partial charge is 0.409 e. The first-order chi connectivity index (χ1) is 4.81. The average Bonchev–Trinajstić information content (AvgIpc) is 1.98. The van der Waals surface area contributed by atoms with Crippen molar-refractivity contribution >= 4 is 9.76 Å². The molecule has 2 nitrogen and oxygen atoms in total. The Hall–Kier alpha value is -0.123. The van der Waals surface area contributed by atoms with E-state index in [0.29, 0.717) is 23.0 Å². The Morgan fingerprint density at radius 2 is 2.20 bits per heavy atom. The summed E-state index contributed by atoms with van der Waals surface area (Å²) in [5.74, 6) is 0. The van der Waals surface area contributed by atoms with Gasteiger partial charge in [0.1, 0.15) is 0 Å². The van der Waals surface area contributed by atoms with Gasteiger partial charge in [0.15, 0.2) is 0 Å². The second-order valence-electron chi connectivity index (χ2n) is 1.90. The van der Waals surface area contributed by atoms with E-state index in [1.165, 1.54) is 0 Å². The Balaban J connectivity index is 2.96. The summed E-state index contributed by atoms with van der Waals surface area (Å²) in [7, 11) is 2.11. The first kappa shape index (κ1) is 9.88. The third-order valence-electron chi connectivity index (χ3n) is 1.03. The number of methoxy groups -OCH3 is 1. The van der Waals surface area contributed by atoms with Crippen LogP contribution >= 0.6 is 0 Å². The van der Waals surface area contributed by atoms with Crippen LogP contribution in [0.2, 0.25) is 0 Å². The molecule has 0 aliphatic carbocycles. The Morgan fingerprint density at radius 1 is 1.50 bits per heavy atom. The number of ether oxygens (including phenoxy) is 1. The molecule has 0 N–H and O–H groups in total. The molecule has 0 aromatic carbocycles. The molecule has 0 bridgehead atoms. The van der Waals surface area contributed by atoms with Gasteiger partial charge in [-0.2, -0.15) is 0 Å². The molecule has 0 aliphatic heterocycles. The van der Waals surface area contributed by atoms with Crippen molar-refractivity contribution in [1.29, 1.82) is 0 Å². The van der Waals surface area contributed by atoms with Crippen molar-refractivity contribution < 1.29 is 9.16 Å². The highest BCUT2D eigenvalue weighted by molar-refractivity contribution is 6.37. The molecular formula is C7H14O2Si. The van der Waals surface area contributed by atoms with E-state index in [0.717, 1.165) is 11.6 Å². The highest BCUT2D eigenvalue weighted by Crippen LogP contribution is 1.92. The van der Waals surface area contributed by atoms with Crippen LogP contribution in [0.25, 0.3) is 0 Å². The summed E-state index contributed by atoms with van der Waals surface area (Å²) in [6, 6.07) is 0. The standard InChI is InChI=1S/C7H14O2Si/c1-4-7(2)10-9-6-5-8-3/h2,4-6H2,1,3H3. The molecule has 58 valence electrons. The van der Waals surface area contributed by atoms with Crippen molar-refractivity contribution in [2.45, 2.75) is 13.3 Å². The van der Waals surface area contributed by atoms with Gasteiger partial charge >= 0.3 is 0 Å². The molecule has 0 amide bonds. The molecule has 0 spiro atoms. The summed E-state index contributed by atoms with van der Waals surface area (Å²) in [6.07, 6.45) is 1.01. The molecule has 3 heteroatoms. The molecular weight excluding hydrogens is 144 g/mol. The van der Waals surface area contributed by atoms with Crippen LogP contribution in [-0.4, -0.2) is 30.1 Å². The first-order valence-electron chi connectivity index (χ1n) is 3.35. The van der Waals surface area contributed by atoms with Gasteiger partial charge in [-0.3, -0.25) is 0 Å². The SMILES string of the molecule is C=C(CC)[Si]OCCOC. The molecule has 2 radical (unpaired) electrons. The molecule has 0 rings (SSSR count). The molecule has 10 heavy (non-hydrogen) atoms. The highest BCUT2D eigenvalue weighted by Gasteiger charge is 1.93. The molecule has 0 aliphatic rings. The summed E-state index contributed by atoms with van der Waals surface area (Å²) in [4.78, 5) is 0. The van der Waals surface area contributed by atoms with Gasteiger partial charge in [0, 0.05) is 7.11 Å². The van der Waals surface area contributed by atoms with E-state index in [1.807, 2.05) is 0 Å². The fourth-order valence-corrected chi connectivity index (χ4v) is 0.884. The monoisotopic (exact) mass is 158 g/mol.